The second-order valence-electron chi connectivity index (χ2n) is 6.87. The molecule has 9 nitrogen and oxygen atoms in total. The summed E-state index contributed by atoms with van der Waals surface area (Å²) < 4.78 is 53.1. The fourth-order valence-corrected chi connectivity index (χ4v) is 4.31. The van der Waals surface area contributed by atoms with Crippen LogP contribution in [0.15, 0.2) is 71.1 Å². The summed E-state index contributed by atoms with van der Waals surface area (Å²) in [5.74, 6) is -0.0651. The molecule has 170 valence electrons. The number of benzene rings is 1. The standard InChI is InChI=1S/C22H20FN5O4S/c1-27(33(29,30)20-11-17(31-2)7-8-19(20)32-3)26-13-16-12-25-21-9-6-15(14-28(16)21)18-5-4-10-24-22(18)23/h4-14H,1-3H3. The van der Waals surface area contributed by atoms with E-state index in [1.807, 2.05) is 0 Å². The summed E-state index contributed by atoms with van der Waals surface area (Å²) in [7, 11) is 0.0963. The molecule has 0 aliphatic heterocycles. The number of ether oxygens (including phenoxy) is 2. The van der Waals surface area contributed by atoms with Crippen LogP contribution in [0.2, 0.25) is 0 Å². The molecule has 0 radical (unpaired) electrons. The second-order valence-corrected chi connectivity index (χ2v) is 8.79. The van der Waals surface area contributed by atoms with Gasteiger partial charge in [-0.3, -0.25) is 4.40 Å². The monoisotopic (exact) mass is 469 g/mol. The summed E-state index contributed by atoms with van der Waals surface area (Å²) >= 11 is 0. The predicted octanol–water partition coefficient (Wildman–Crippen LogP) is 3.21. The number of fused-ring (bicyclic) bond motifs is 1. The van der Waals surface area contributed by atoms with Gasteiger partial charge in [0.1, 0.15) is 22.0 Å². The first-order valence-electron chi connectivity index (χ1n) is 9.68. The molecular weight excluding hydrogens is 449 g/mol. The molecule has 4 rings (SSSR count). The molecule has 4 aromatic rings. The van der Waals surface area contributed by atoms with Gasteiger partial charge in [0, 0.05) is 36.6 Å². The van der Waals surface area contributed by atoms with Crippen molar-refractivity contribution in [1.82, 2.24) is 18.8 Å². The first-order valence-corrected chi connectivity index (χ1v) is 11.1. The van der Waals surface area contributed by atoms with Crippen molar-refractivity contribution in [1.29, 1.82) is 0 Å². The largest absolute Gasteiger partial charge is 0.497 e. The zero-order valence-corrected chi connectivity index (χ0v) is 18.8. The molecule has 3 heterocycles. The maximum Gasteiger partial charge on any atom is 0.282 e. The van der Waals surface area contributed by atoms with E-state index in [1.165, 1.54) is 52.0 Å². The number of halogens is 1. The molecule has 0 aliphatic carbocycles. The van der Waals surface area contributed by atoms with Crippen LogP contribution in [0.5, 0.6) is 11.5 Å². The van der Waals surface area contributed by atoms with Crippen LogP contribution in [-0.2, 0) is 10.0 Å². The van der Waals surface area contributed by atoms with E-state index < -0.39 is 16.0 Å². The highest BCUT2D eigenvalue weighted by Gasteiger charge is 2.25. The maximum atomic E-state index is 14.1. The molecule has 0 saturated carbocycles. The molecule has 0 amide bonds. The van der Waals surface area contributed by atoms with Crippen molar-refractivity contribution in [3.05, 3.63) is 72.7 Å². The van der Waals surface area contributed by atoms with Crippen molar-refractivity contribution in [3.8, 4) is 22.6 Å². The quantitative estimate of drug-likeness (QED) is 0.234. The van der Waals surface area contributed by atoms with Crippen molar-refractivity contribution in [3.63, 3.8) is 0 Å². The smallest absolute Gasteiger partial charge is 0.282 e. The van der Waals surface area contributed by atoms with Gasteiger partial charge >= 0.3 is 0 Å². The predicted molar refractivity (Wildman–Crippen MR) is 120 cm³/mol. The molecule has 1 aromatic carbocycles. The highest BCUT2D eigenvalue weighted by Crippen LogP contribution is 2.30. The lowest BCUT2D eigenvalue weighted by Gasteiger charge is -2.16. The third-order valence-electron chi connectivity index (χ3n) is 4.95. The summed E-state index contributed by atoms with van der Waals surface area (Å²) in [4.78, 5) is 7.87. The van der Waals surface area contributed by atoms with Crippen LogP contribution < -0.4 is 9.47 Å². The van der Waals surface area contributed by atoms with Gasteiger partial charge in [-0.2, -0.15) is 22.3 Å². The normalized spacial score (nSPS) is 11.8. The molecule has 33 heavy (non-hydrogen) atoms. The summed E-state index contributed by atoms with van der Waals surface area (Å²) in [5, 5.41) is 4.09. The number of aromatic nitrogens is 3. The van der Waals surface area contributed by atoms with Crippen molar-refractivity contribution in [2.45, 2.75) is 4.90 Å². The lowest BCUT2D eigenvalue weighted by Crippen LogP contribution is -2.22. The van der Waals surface area contributed by atoms with Crippen molar-refractivity contribution in [2.75, 3.05) is 21.3 Å². The third kappa shape index (κ3) is 4.22. The summed E-state index contributed by atoms with van der Waals surface area (Å²) in [6.07, 6.45) is 5.95. The average molecular weight is 469 g/mol. The van der Waals surface area contributed by atoms with Crippen LogP contribution in [0, 0.1) is 5.95 Å². The highest BCUT2D eigenvalue weighted by molar-refractivity contribution is 7.89. The van der Waals surface area contributed by atoms with Crippen molar-refractivity contribution in [2.24, 2.45) is 5.10 Å². The molecule has 0 saturated heterocycles. The van der Waals surface area contributed by atoms with Crippen LogP contribution in [-0.4, -0.2) is 54.7 Å². The Labute approximate surface area is 189 Å². The molecule has 0 aliphatic rings. The number of methoxy groups -OCH3 is 2. The number of hydrogen-bond acceptors (Lipinski definition) is 7. The van der Waals surface area contributed by atoms with E-state index in [2.05, 4.69) is 15.1 Å². The van der Waals surface area contributed by atoms with Crippen LogP contribution >= 0.6 is 0 Å². The lowest BCUT2D eigenvalue weighted by atomic mass is 10.1. The van der Waals surface area contributed by atoms with Gasteiger partial charge in [-0.05, 0) is 36.4 Å². The first kappa shape index (κ1) is 22.2. The fraction of sp³-hybridized carbons (Fsp3) is 0.136. The SMILES string of the molecule is COc1ccc(OC)c(S(=O)(=O)N(C)N=Cc2cnc3ccc(-c4cccnc4F)cn23)c1. The van der Waals surface area contributed by atoms with Gasteiger partial charge in [-0.25, -0.2) is 9.97 Å². The zero-order valence-electron chi connectivity index (χ0n) is 18.0. The van der Waals surface area contributed by atoms with Gasteiger partial charge in [0.25, 0.3) is 10.0 Å². The van der Waals surface area contributed by atoms with E-state index in [0.29, 0.717) is 28.2 Å². The third-order valence-corrected chi connectivity index (χ3v) is 6.62. The molecule has 0 bridgehead atoms. The zero-order chi connectivity index (χ0) is 23.6. The number of imidazole rings is 1. The van der Waals surface area contributed by atoms with E-state index in [-0.39, 0.29) is 10.6 Å². The molecule has 0 N–H and O–H groups in total. The van der Waals surface area contributed by atoms with E-state index >= 15 is 0 Å². The van der Waals surface area contributed by atoms with Crippen molar-refractivity contribution < 1.29 is 22.3 Å². The molecular formula is C22H20FN5O4S. The minimum atomic E-state index is -4.03. The number of hydrogen-bond donors (Lipinski definition) is 0. The van der Waals surface area contributed by atoms with Gasteiger partial charge in [-0.15, -0.1) is 0 Å². The molecule has 11 heteroatoms. The summed E-state index contributed by atoms with van der Waals surface area (Å²) in [6.45, 7) is 0. The summed E-state index contributed by atoms with van der Waals surface area (Å²) in [6, 6.07) is 11.2. The Balaban J connectivity index is 1.68. The first-order chi connectivity index (χ1) is 15.8. The Morgan fingerprint density at radius 3 is 2.67 bits per heavy atom. The molecule has 0 unspecified atom stereocenters. The number of nitrogens with zero attached hydrogens (tertiary/aromatic N) is 5. The highest BCUT2D eigenvalue weighted by atomic mass is 32.2. The Morgan fingerprint density at radius 1 is 1.12 bits per heavy atom. The topological polar surface area (TPSA) is 98.4 Å². The van der Waals surface area contributed by atoms with E-state index in [4.69, 9.17) is 9.47 Å². The Hall–Kier alpha value is -3.99. The molecule has 0 fully saturated rings. The minimum Gasteiger partial charge on any atom is -0.497 e. The van der Waals surface area contributed by atoms with E-state index in [9.17, 15) is 12.8 Å². The van der Waals surface area contributed by atoms with Gasteiger partial charge in [0.2, 0.25) is 5.95 Å². The Bertz CT molecular complexity index is 1450. The van der Waals surface area contributed by atoms with Gasteiger partial charge in [0.15, 0.2) is 0 Å². The van der Waals surface area contributed by atoms with Crippen LogP contribution in [0.4, 0.5) is 4.39 Å². The van der Waals surface area contributed by atoms with Crippen molar-refractivity contribution >= 4 is 21.9 Å². The van der Waals surface area contributed by atoms with E-state index in [0.717, 1.165) is 4.41 Å². The molecule has 3 aromatic heterocycles. The van der Waals surface area contributed by atoms with Gasteiger partial charge in [0.05, 0.1) is 32.3 Å². The van der Waals surface area contributed by atoms with Crippen LogP contribution in [0.25, 0.3) is 16.8 Å². The maximum absolute atomic E-state index is 14.1. The fourth-order valence-electron chi connectivity index (χ4n) is 3.19. The Kier molecular flexibility index (Phi) is 5.97. The number of sulfonamides is 1. The second kappa shape index (κ2) is 8.87. The van der Waals surface area contributed by atoms with Crippen LogP contribution in [0.3, 0.4) is 0 Å². The Morgan fingerprint density at radius 2 is 1.94 bits per heavy atom. The summed E-state index contributed by atoms with van der Waals surface area (Å²) in [5.41, 5.74) is 2.00. The van der Waals surface area contributed by atoms with Crippen LogP contribution in [0.1, 0.15) is 5.69 Å². The van der Waals surface area contributed by atoms with Gasteiger partial charge in [-0.1, -0.05) is 0 Å². The number of pyridine rings is 2. The number of hydrazone groups is 1. The number of rotatable bonds is 7. The van der Waals surface area contributed by atoms with E-state index in [1.54, 1.807) is 40.9 Å². The molecule has 0 atom stereocenters. The lowest BCUT2D eigenvalue weighted by molar-refractivity contribution is 0.389. The average Bonchev–Trinajstić information content (AvgIpc) is 3.24. The van der Waals surface area contributed by atoms with Gasteiger partial charge < -0.3 is 9.47 Å². The molecule has 0 spiro atoms. The minimum absolute atomic E-state index is 0.0866.